The molecule has 0 spiro atoms. The first-order valence-corrected chi connectivity index (χ1v) is 21.1. The summed E-state index contributed by atoms with van der Waals surface area (Å²) in [5.74, 6) is -0.938. The lowest BCUT2D eigenvalue weighted by Gasteiger charge is -2.30. The molecule has 5 atom stereocenters. The molecular weight excluding hydrogens is 761 g/mol. The van der Waals surface area contributed by atoms with Crippen LogP contribution in [0.25, 0.3) is 10.8 Å². The van der Waals surface area contributed by atoms with Crippen LogP contribution in [0.3, 0.4) is 0 Å². The zero-order valence-corrected chi connectivity index (χ0v) is 33.6. The number of rotatable bonds is 8. The first-order valence-electron chi connectivity index (χ1n) is 19.6. The minimum absolute atomic E-state index is 0.00686. The van der Waals surface area contributed by atoms with Crippen LogP contribution in [-0.2, 0) is 38.6 Å². The van der Waals surface area contributed by atoms with Crippen molar-refractivity contribution in [2.24, 2.45) is 5.92 Å². The van der Waals surface area contributed by atoms with E-state index in [1.54, 1.807) is 40.0 Å². The van der Waals surface area contributed by atoms with Crippen LogP contribution in [0.5, 0.6) is 11.6 Å². The Morgan fingerprint density at radius 2 is 1.79 bits per heavy atom. The average molecular weight is 813 g/mol. The number of pyridine rings is 1. The molecule has 4 fully saturated rings. The molecule has 2 saturated heterocycles. The normalized spacial score (nSPS) is 27.9. The zero-order chi connectivity index (χ0) is 40.5. The Labute approximate surface area is 332 Å². The monoisotopic (exact) mass is 812 g/mol. The zero-order valence-electron chi connectivity index (χ0n) is 32.8. The van der Waals surface area contributed by atoms with E-state index in [1.807, 2.05) is 24.3 Å². The van der Waals surface area contributed by atoms with Gasteiger partial charge < -0.3 is 44.1 Å². The maximum absolute atomic E-state index is 14.6. The second-order valence-electron chi connectivity index (χ2n) is 16.2. The number of benzene rings is 1. The summed E-state index contributed by atoms with van der Waals surface area (Å²) in [7, 11) is -2.34. The number of morpholine rings is 1. The van der Waals surface area contributed by atoms with Gasteiger partial charge in [-0.05, 0) is 76.1 Å². The van der Waals surface area contributed by atoms with Gasteiger partial charge >= 0.3 is 6.09 Å². The van der Waals surface area contributed by atoms with E-state index >= 15 is 0 Å². The van der Waals surface area contributed by atoms with Crippen LogP contribution >= 0.6 is 0 Å². The third kappa shape index (κ3) is 9.39. The Kier molecular flexibility index (Phi) is 11.6. The van der Waals surface area contributed by atoms with Gasteiger partial charge in [0.05, 0.1) is 38.7 Å². The van der Waals surface area contributed by atoms with Crippen LogP contribution in [0.2, 0.25) is 0 Å². The lowest BCUT2D eigenvalue weighted by Crippen LogP contribution is -2.58. The highest BCUT2D eigenvalue weighted by Crippen LogP contribution is 2.46. The van der Waals surface area contributed by atoms with E-state index in [2.05, 4.69) is 20.3 Å². The number of ether oxygens (including phenoxy) is 5. The summed E-state index contributed by atoms with van der Waals surface area (Å²) in [6.07, 6.45) is 3.69. The fourth-order valence-electron chi connectivity index (χ4n) is 7.48. The molecule has 3 aliphatic heterocycles. The van der Waals surface area contributed by atoms with E-state index in [0.29, 0.717) is 68.4 Å². The fourth-order valence-corrected chi connectivity index (χ4v) is 8.85. The quantitative estimate of drug-likeness (QED) is 0.328. The van der Waals surface area contributed by atoms with Crippen LogP contribution in [-0.4, -0.2) is 130 Å². The number of anilines is 1. The van der Waals surface area contributed by atoms with E-state index < -0.39 is 74.3 Å². The highest BCUT2D eigenvalue weighted by molar-refractivity contribution is 7.91. The second-order valence-corrected chi connectivity index (χ2v) is 18.2. The van der Waals surface area contributed by atoms with Crippen molar-refractivity contribution in [2.75, 3.05) is 58.1 Å². The first-order chi connectivity index (χ1) is 27.2. The number of aromatic nitrogens is 1. The van der Waals surface area contributed by atoms with Gasteiger partial charge in [-0.25, -0.2) is 13.2 Å². The van der Waals surface area contributed by atoms with Gasteiger partial charge in [-0.15, -0.1) is 0 Å². The third-order valence-electron chi connectivity index (χ3n) is 10.8. The predicted molar refractivity (Wildman–Crippen MR) is 207 cm³/mol. The number of hydrogen-bond donors (Lipinski definition) is 3. The van der Waals surface area contributed by atoms with Crippen molar-refractivity contribution in [3.05, 3.63) is 36.4 Å². The van der Waals surface area contributed by atoms with Crippen LogP contribution in [0, 0.1) is 5.92 Å². The minimum atomic E-state index is -3.92. The number of sulfonamides is 1. The Bertz CT molecular complexity index is 2010. The van der Waals surface area contributed by atoms with Crippen molar-refractivity contribution in [3.8, 4) is 11.6 Å². The van der Waals surface area contributed by atoms with Gasteiger partial charge in [0.2, 0.25) is 27.7 Å². The highest BCUT2D eigenvalue weighted by atomic mass is 32.2. The van der Waals surface area contributed by atoms with Gasteiger partial charge in [0, 0.05) is 43.8 Å². The topological polar surface area (TPSA) is 204 Å². The first kappa shape index (κ1) is 40.5. The van der Waals surface area contributed by atoms with Crippen LogP contribution < -0.4 is 29.7 Å². The molecule has 0 radical (unpaired) electrons. The molecule has 2 aromatic rings. The van der Waals surface area contributed by atoms with Crippen molar-refractivity contribution in [3.63, 3.8) is 0 Å². The number of carbonyl (C=O) groups excluding carboxylic acids is 4. The number of nitrogens with zero attached hydrogens (tertiary/aromatic N) is 3. The summed E-state index contributed by atoms with van der Waals surface area (Å²) < 4.78 is 57.0. The van der Waals surface area contributed by atoms with E-state index in [4.69, 9.17) is 28.7 Å². The number of nitrogens with one attached hydrogen (secondary N) is 3. The molecule has 7 rings (SSSR count). The average Bonchev–Trinajstić information content (AvgIpc) is 4.09. The predicted octanol–water partition coefficient (Wildman–Crippen LogP) is 2.17. The molecule has 3 N–H and O–H groups in total. The van der Waals surface area contributed by atoms with Crippen LogP contribution in [0.4, 0.5) is 10.6 Å². The maximum atomic E-state index is 14.6. The molecule has 1 aromatic carbocycles. The van der Waals surface area contributed by atoms with Crippen molar-refractivity contribution in [1.82, 2.24) is 25.2 Å². The van der Waals surface area contributed by atoms with Gasteiger partial charge in [-0.2, -0.15) is 4.98 Å². The van der Waals surface area contributed by atoms with Crippen molar-refractivity contribution in [1.29, 1.82) is 0 Å². The lowest BCUT2D eigenvalue weighted by molar-refractivity contribution is -0.141. The largest absolute Gasteiger partial charge is 0.497 e. The van der Waals surface area contributed by atoms with E-state index in [-0.39, 0.29) is 39.0 Å². The third-order valence-corrected chi connectivity index (χ3v) is 12.6. The molecule has 18 heteroatoms. The van der Waals surface area contributed by atoms with Crippen molar-refractivity contribution >= 4 is 50.4 Å². The van der Waals surface area contributed by atoms with E-state index in [9.17, 15) is 27.6 Å². The van der Waals surface area contributed by atoms with E-state index in [0.717, 1.165) is 5.39 Å². The summed E-state index contributed by atoms with van der Waals surface area (Å²) in [4.78, 5) is 64.2. The number of fused-ring (bicyclic) bond motifs is 3. The summed E-state index contributed by atoms with van der Waals surface area (Å²) in [5.41, 5.74) is -2.40. The Morgan fingerprint density at radius 1 is 1.04 bits per heavy atom. The number of hydrogen-bond acceptors (Lipinski definition) is 13. The molecule has 310 valence electrons. The summed E-state index contributed by atoms with van der Waals surface area (Å²) in [6, 6.07) is 5.16. The molecular formula is C39H52N6O11S. The summed E-state index contributed by atoms with van der Waals surface area (Å²) in [5, 5.41) is 6.40. The molecule has 4 amide bonds. The molecule has 4 heterocycles. The highest BCUT2D eigenvalue weighted by Gasteiger charge is 2.62. The number of alkyl carbamates (subject to hydrolysis) is 1. The smallest absolute Gasteiger partial charge is 0.408 e. The molecule has 2 saturated carbocycles. The van der Waals surface area contributed by atoms with Crippen LogP contribution in [0.15, 0.2) is 36.4 Å². The second kappa shape index (κ2) is 16.3. The van der Waals surface area contributed by atoms with E-state index in [1.165, 1.54) is 4.90 Å². The standard InChI is InChI=1S/C39H52N6O11S/c1-38(2,3)56-37(49)40-30-12-16-53-15-6-5-7-25-22-39(25,36(48)43-57(50,51)28-9-10-28)42-33(46)31-21-27(23-45(31)35(30)47)55-34-29-11-8-26(52-4)19-24(29)20-32(41-34)44-13-17-54-18-14-44/h5,7-8,11,19-20,25,27-28,30-31H,6,9-10,12-18,21-23H2,1-4H3,(H,40,49)(H,42,46)(H,43,48)/b7-5-/t25-,27-,30+,31+,39-/m1/s1. The van der Waals surface area contributed by atoms with Gasteiger partial charge in [0.25, 0.3) is 5.91 Å². The molecule has 17 nitrogen and oxygen atoms in total. The Morgan fingerprint density at radius 3 is 2.51 bits per heavy atom. The van der Waals surface area contributed by atoms with Gasteiger partial charge in [0.1, 0.15) is 40.9 Å². The van der Waals surface area contributed by atoms with Gasteiger partial charge in [-0.1, -0.05) is 12.2 Å². The summed E-state index contributed by atoms with van der Waals surface area (Å²) >= 11 is 0. The van der Waals surface area contributed by atoms with Crippen molar-refractivity contribution < 1.29 is 51.3 Å². The molecule has 0 bridgehead atoms. The van der Waals surface area contributed by atoms with Gasteiger partial charge in [0.15, 0.2) is 0 Å². The number of amides is 4. The summed E-state index contributed by atoms with van der Waals surface area (Å²) in [6.45, 7) is 7.79. The van der Waals surface area contributed by atoms with Crippen LogP contribution in [0.1, 0.15) is 59.3 Å². The Hall–Kier alpha value is -4.68. The number of carbonyl (C=O) groups is 4. The minimum Gasteiger partial charge on any atom is -0.497 e. The Balaban J connectivity index is 1.21. The molecule has 1 aromatic heterocycles. The van der Waals surface area contributed by atoms with Gasteiger partial charge in [-0.3, -0.25) is 19.1 Å². The molecule has 2 aliphatic carbocycles. The lowest BCUT2D eigenvalue weighted by atomic mass is 10.1. The molecule has 5 aliphatic rings. The fraction of sp³-hybridized carbons (Fsp3) is 0.615. The number of methoxy groups -OCH3 is 1. The maximum Gasteiger partial charge on any atom is 0.408 e. The van der Waals surface area contributed by atoms with Crippen molar-refractivity contribution in [2.45, 2.75) is 93.9 Å². The molecule has 57 heavy (non-hydrogen) atoms. The SMILES string of the molecule is COc1ccc2c(O[C@@H]3C[C@H]4C(=O)N[C@]5(C(=O)NS(=O)(=O)C6CC6)C[C@H]5/C=C\CCOCC[C@H](NC(=O)OC(C)(C)C)C(=O)N4C3)nc(N3CCOCC3)cc2c1. The molecule has 0 unspecified atom stereocenters.